The van der Waals surface area contributed by atoms with Gasteiger partial charge in [-0.25, -0.2) is 4.79 Å². The second-order valence-electron chi connectivity index (χ2n) is 4.80. The zero-order valence-corrected chi connectivity index (χ0v) is 10.1. The molecular weight excluding hydrogens is 232 g/mol. The van der Waals surface area contributed by atoms with Crippen LogP contribution in [0.4, 0.5) is 0 Å². The van der Waals surface area contributed by atoms with Crippen LogP contribution < -0.4 is 5.69 Å². The van der Waals surface area contributed by atoms with Gasteiger partial charge in [-0.3, -0.25) is 4.57 Å². The lowest BCUT2D eigenvalue weighted by Crippen LogP contribution is -2.27. The Morgan fingerprint density at radius 1 is 1.50 bits per heavy atom. The largest absolute Gasteiger partial charge is 0.506 e. The monoisotopic (exact) mass is 248 g/mol. The Morgan fingerprint density at radius 2 is 2.39 bits per heavy atom. The number of nitrogens with one attached hydrogen (secondary N) is 1. The number of H-pyrrole nitrogens is 1. The molecule has 96 valence electrons. The van der Waals surface area contributed by atoms with Crippen LogP contribution in [-0.2, 0) is 11.3 Å². The predicted octanol–water partition coefficient (Wildman–Crippen LogP) is 1.46. The number of aromatic nitrogens is 2. The van der Waals surface area contributed by atoms with Crippen molar-refractivity contribution in [1.29, 1.82) is 0 Å². The van der Waals surface area contributed by atoms with E-state index in [4.69, 9.17) is 4.74 Å². The van der Waals surface area contributed by atoms with E-state index in [1.807, 2.05) is 0 Å². The highest BCUT2D eigenvalue weighted by atomic mass is 16.5. The Balaban J connectivity index is 2.00. The summed E-state index contributed by atoms with van der Waals surface area (Å²) >= 11 is 0. The maximum Gasteiger partial charge on any atom is 0.326 e. The Kier molecular flexibility index (Phi) is 2.83. The van der Waals surface area contributed by atoms with Crippen LogP contribution in [0.15, 0.2) is 23.0 Å². The quantitative estimate of drug-likeness (QED) is 0.845. The minimum Gasteiger partial charge on any atom is -0.506 e. The number of para-hydroxylation sites is 1. The molecule has 2 N–H and O–H groups in total. The summed E-state index contributed by atoms with van der Waals surface area (Å²) in [5.41, 5.74) is 1.10. The van der Waals surface area contributed by atoms with Gasteiger partial charge in [0.25, 0.3) is 0 Å². The molecule has 5 nitrogen and oxygen atoms in total. The molecule has 1 aromatic carbocycles. The second-order valence-corrected chi connectivity index (χ2v) is 4.80. The molecule has 3 rings (SSSR count). The molecule has 1 aliphatic heterocycles. The summed E-state index contributed by atoms with van der Waals surface area (Å²) in [6.45, 7) is 2.09. The number of aromatic amines is 1. The van der Waals surface area contributed by atoms with E-state index in [0.29, 0.717) is 30.1 Å². The first-order valence-electron chi connectivity index (χ1n) is 6.24. The molecular formula is C13H16N2O3. The standard InChI is InChI=1S/C13H16N2O3/c16-11-5-1-4-10-12(11)15(13(17)14-10)7-9-3-2-6-18-8-9/h1,4-5,9,16H,2-3,6-8H2,(H,14,17). The van der Waals surface area contributed by atoms with Crippen molar-refractivity contribution in [2.75, 3.05) is 13.2 Å². The first-order valence-corrected chi connectivity index (χ1v) is 6.24. The smallest absolute Gasteiger partial charge is 0.326 e. The molecule has 1 atom stereocenters. The van der Waals surface area contributed by atoms with Crippen molar-refractivity contribution in [3.05, 3.63) is 28.7 Å². The molecule has 1 unspecified atom stereocenters. The predicted molar refractivity (Wildman–Crippen MR) is 67.8 cm³/mol. The minimum atomic E-state index is -0.169. The SMILES string of the molecule is O=c1[nH]c2cccc(O)c2n1CC1CCCOC1. The Bertz CT molecular complexity index is 608. The van der Waals surface area contributed by atoms with Crippen LogP contribution in [-0.4, -0.2) is 27.9 Å². The lowest BCUT2D eigenvalue weighted by Gasteiger charge is -2.22. The summed E-state index contributed by atoms with van der Waals surface area (Å²) in [7, 11) is 0. The average molecular weight is 248 g/mol. The van der Waals surface area contributed by atoms with E-state index < -0.39 is 0 Å². The molecule has 0 bridgehead atoms. The fraction of sp³-hybridized carbons (Fsp3) is 0.462. The molecule has 0 amide bonds. The van der Waals surface area contributed by atoms with Crippen molar-refractivity contribution >= 4 is 11.0 Å². The van der Waals surface area contributed by atoms with Gasteiger partial charge in [0, 0.05) is 19.1 Å². The fourth-order valence-electron chi connectivity index (χ4n) is 2.58. The van der Waals surface area contributed by atoms with E-state index >= 15 is 0 Å². The van der Waals surface area contributed by atoms with Gasteiger partial charge in [-0.15, -0.1) is 0 Å². The average Bonchev–Trinajstić information content (AvgIpc) is 2.69. The van der Waals surface area contributed by atoms with E-state index in [1.54, 1.807) is 22.8 Å². The maximum absolute atomic E-state index is 11.9. The molecule has 1 fully saturated rings. The van der Waals surface area contributed by atoms with Gasteiger partial charge in [-0.05, 0) is 25.0 Å². The van der Waals surface area contributed by atoms with Crippen LogP contribution >= 0.6 is 0 Å². The number of rotatable bonds is 2. The highest BCUT2D eigenvalue weighted by molar-refractivity contribution is 5.81. The van der Waals surface area contributed by atoms with Gasteiger partial charge in [0.05, 0.1) is 12.1 Å². The zero-order chi connectivity index (χ0) is 12.5. The van der Waals surface area contributed by atoms with Gasteiger partial charge in [-0.1, -0.05) is 6.07 Å². The van der Waals surface area contributed by atoms with E-state index in [9.17, 15) is 9.90 Å². The van der Waals surface area contributed by atoms with Crippen molar-refractivity contribution < 1.29 is 9.84 Å². The van der Waals surface area contributed by atoms with Crippen molar-refractivity contribution in [2.24, 2.45) is 5.92 Å². The van der Waals surface area contributed by atoms with Crippen LogP contribution in [0.5, 0.6) is 5.75 Å². The summed E-state index contributed by atoms with van der Waals surface area (Å²) in [5, 5.41) is 9.88. The summed E-state index contributed by atoms with van der Waals surface area (Å²) in [4.78, 5) is 14.7. The van der Waals surface area contributed by atoms with Crippen molar-refractivity contribution in [1.82, 2.24) is 9.55 Å². The van der Waals surface area contributed by atoms with Gasteiger partial charge in [0.2, 0.25) is 0 Å². The molecule has 1 aliphatic rings. The van der Waals surface area contributed by atoms with E-state index in [-0.39, 0.29) is 11.4 Å². The first-order chi connectivity index (χ1) is 8.75. The highest BCUT2D eigenvalue weighted by Crippen LogP contribution is 2.24. The fourth-order valence-corrected chi connectivity index (χ4v) is 2.58. The van der Waals surface area contributed by atoms with Crippen LogP contribution in [0.1, 0.15) is 12.8 Å². The molecule has 0 aliphatic carbocycles. The van der Waals surface area contributed by atoms with Crippen molar-refractivity contribution in [3.8, 4) is 5.75 Å². The number of nitrogens with zero attached hydrogens (tertiary/aromatic N) is 1. The minimum absolute atomic E-state index is 0.141. The molecule has 5 heteroatoms. The van der Waals surface area contributed by atoms with Gasteiger partial charge in [0.1, 0.15) is 11.3 Å². The Morgan fingerprint density at radius 3 is 3.17 bits per heavy atom. The third kappa shape index (κ3) is 1.90. The Labute approximate surface area is 104 Å². The van der Waals surface area contributed by atoms with Gasteiger partial charge in [0.15, 0.2) is 0 Å². The Hall–Kier alpha value is -1.75. The molecule has 18 heavy (non-hydrogen) atoms. The molecule has 2 aromatic rings. The first kappa shape index (κ1) is 11.3. The maximum atomic E-state index is 11.9. The van der Waals surface area contributed by atoms with E-state index in [0.717, 1.165) is 19.4 Å². The summed E-state index contributed by atoms with van der Waals surface area (Å²) in [5.74, 6) is 0.484. The lowest BCUT2D eigenvalue weighted by molar-refractivity contribution is 0.0484. The number of hydrogen-bond acceptors (Lipinski definition) is 3. The number of hydrogen-bond donors (Lipinski definition) is 2. The van der Waals surface area contributed by atoms with Gasteiger partial charge in [-0.2, -0.15) is 0 Å². The number of imidazole rings is 1. The normalized spacial score (nSPS) is 20.3. The van der Waals surface area contributed by atoms with Crippen LogP contribution in [0.3, 0.4) is 0 Å². The van der Waals surface area contributed by atoms with Gasteiger partial charge < -0.3 is 14.8 Å². The molecule has 2 heterocycles. The number of benzene rings is 1. The van der Waals surface area contributed by atoms with Crippen LogP contribution in [0.2, 0.25) is 0 Å². The number of phenols is 1. The van der Waals surface area contributed by atoms with Crippen molar-refractivity contribution in [2.45, 2.75) is 19.4 Å². The molecule has 0 radical (unpaired) electrons. The summed E-state index contributed by atoms with van der Waals surface area (Å²) in [6.07, 6.45) is 2.10. The lowest BCUT2D eigenvalue weighted by atomic mass is 10.0. The van der Waals surface area contributed by atoms with Gasteiger partial charge >= 0.3 is 5.69 Å². The van der Waals surface area contributed by atoms with E-state index in [2.05, 4.69) is 4.98 Å². The molecule has 1 saturated heterocycles. The number of fused-ring (bicyclic) bond motifs is 1. The second kappa shape index (κ2) is 4.49. The molecule has 0 spiro atoms. The number of phenolic OH excluding ortho intramolecular Hbond substituents is 1. The molecule has 1 aromatic heterocycles. The molecule has 0 saturated carbocycles. The zero-order valence-electron chi connectivity index (χ0n) is 10.1. The summed E-state index contributed by atoms with van der Waals surface area (Å²) < 4.78 is 7.04. The number of ether oxygens (including phenoxy) is 1. The van der Waals surface area contributed by atoms with Crippen molar-refractivity contribution in [3.63, 3.8) is 0 Å². The summed E-state index contributed by atoms with van der Waals surface area (Å²) in [6, 6.07) is 5.12. The third-order valence-electron chi connectivity index (χ3n) is 3.47. The van der Waals surface area contributed by atoms with Crippen LogP contribution in [0, 0.1) is 5.92 Å². The number of aromatic hydroxyl groups is 1. The highest BCUT2D eigenvalue weighted by Gasteiger charge is 2.18. The van der Waals surface area contributed by atoms with Crippen LogP contribution in [0.25, 0.3) is 11.0 Å². The topological polar surface area (TPSA) is 67.2 Å². The van der Waals surface area contributed by atoms with E-state index in [1.165, 1.54) is 0 Å². The third-order valence-corrected chi connectivity index (χ3v) is 3.47.